The minimum absolute atomic E-state index is 0.145. The van der Waals surface area contributed by atoms with Gasteiger partial charge < -0.3 is 25.2 Å². The summed E-state index contributed by atoms with van der Waals surface area (Å²) in [4.78, 5) is 25.7. The maximum absolute atomic E-state index is 11.6. The van der Waals surface area contributed by atoms with Crippen molar-refractivity contribution >= 4 is 28.4 Å². The molecule has 0 radical (unpaired) electrons. The molecule has 2 aliphatic heterocycles. The fourth-order valence-corrected chi connectivity index (χ4v) is 7.27. The molecule has 0 bridgehead atoms. The van der Waals surface area contributed by atoms with E-state index in [1.807, 2.05) is 24.5 Å². The van der Waals surface area contributed by atoms with E-state index in [4.69, 9.17) is 9.72 Å². The molecule has 6 rings (SSSR count). The van der Waals surface area contributed by atoms with Gasteiger partial charge >= 0.3 is 5.97 Å². The second-order valence-electron chi connectivity index (χ2n) is 13.5. The number of piperidine rings is 1. The van der Waals surface area contributed by atoms with Crippen molar-refractivity contribution in [2.75, 3.05) is 38.1 Å². The molecule has 2 aromatic heterocycles. The van der Waals surface area contributed by atoms with Gasteiger partial charge in [0.25, 0.3) is 0 Å². The first-order chi connectivity index (χ1) is 22.7. The van der Waals surface area contributed by atoms with E-state index < -0.39 is 5.97 Å². The lowest BCUT2D eigenvalue weighted by Gasteiger charge is -2.44. The van der Waals surface area contributed by atoms with Crippen molar-refractivity contribution in [1.82, 2.24) is 19.8 Å². The molecule has 2 fully saturated rings. The molecule has 2 unspecified atom stereocenters. The summed E-state index contributed by atoms with van der Waals surface area (Å²) in [6.45, 7) is 11.2. The fraction of sp³-hybridized carbons (Fsp3) is 0.447. The molecule has 9 heteroatoms. The van der Waals surface area contributed by atoms with Crippen molar-refractivity contribution in [2.24, 2.45) is 0 Å². The number of ether oxygens (including phenoxy) is 1. The number of aliphatic hydroxyl groups is 1. The van der Waals surface area contributed by atoms with Crippen LogP contribution in [0.1, 0.15) is 62.1 Å². The van der Waals surface area contributed by atoms with E-state index in [1.54, 1.807) is 0 Å². The molecule has 2 aromatic carbocycles. The Balaban J connectivity index is 1.17. The number of anilines is 2. The molecular formula is C38H47N5O4. The number of aromatic nitrogens is 2. The Morgan fingerprint density at radius 3 is 2.66 bits per heavy atom. The van der Waals surface area contributed by atoms with Crippen molar-refractivity contribution in [2.45, 2.75) is 77.5 Å². The zero-order valence-corrected chi connectivity index (χ0v) is 27.8. The molecular weight excluding hydrogens is 590 g/mol. The zero-order valence-electron chi connectivity index (χ0n) is 27.8. The van der Waals surface area contributed by atoms with Gasteiger partial charge in [-0.15, -0.1) is 0 Å². The quantitative estimate of drug-likeness (QED) is 0.146. The molecule has 0 amide bonds. The smallest absolute Gasteiger partial charge is 0.305 e. The van der Waals surface area contributed by atoms with Crippen LogP contribution in [0.5, 0.6) is 5.75 Å². The molecule has 9 nitrogen and oxygen atoms in total. The molecule has 3 N–H and O–H groups in total. The van der Waals surface area contributed by atoms with Crippen molar-refractivity contribution in [3.63, 3.8) is 0 Å². The van der Waals surface area contributed by atoms with Gasteiger partial charge in [0, 0.05) is 55.2 Å². The van der Waals surface area contributed by atoms with Crippen LogP contribution in [0.25, 0.3) is 22.0 Å². The molecule has 2 atom stereocenters. The summed E-state index contributed by atoms with van der Waals surface area (Å²) in [6.07, 6.45) is 8.47. The minimum atomic E-state index is -0.750. The number of carbonyl (C=O) groups is 1. The highest BCUT2D eigenvalue weighted by molar-refractivity contribution is 5.91. The third kappa shape index (κ3) is 7.59. The third-order valence-electron chi connectivity index (χ3n) is 10.0. The van der Waals surface area contributed by atoms with Gasteiger partial charge in [0.1, 0.15) is 11.3 Å². The number of benzene rings is 2. The minimum Gasteiger partial charge on any atom is -0.493 e. The molecule has 0 spiro atoms. The number of aliphatic hydroxyl groups excluding tert-OH is 1. The van der Waals surface area contributed by atoms with Gasteiger partial charge in [0.15, 0.2) is 5.82 Å². The van der Waals surface area contributed by atoms with E-state index in [2.05, 4.69) is 77.3 Å². The monoisotopic (exact) mass is 637 g/mol. The van der Waals surface area contributed by atoms with Crippen molar-refractivity contribution in [3.05, 3.63) is 77.6 Å². The Labute approximate surface area is 277 Å². The fourth-order valence-electron chi connectivity index (χ4n) is 7.27. The Morgan fingerprint density at radius 2 is 1.87 bits per heavy atom. The largest absolute Gasteiger partial charge is 0.493 e. The number of fused-ring (bicyclic) bond motifs is 1. The van der Waals surface area contributed by atoms with Crippen molar-refractivity contribution < 1.29 is 19.7 Å². The molecule has 4 heterocycles. The first-order valence-electron chi connectivity index (χ1n) is 16.9. The van der Waals surface area contributed by atoms with Crippen molar-refractivity contribution in [1.29, 1.82) is 0 Å². The summed E-state index contributed by atoms with van der Waals surface area (Å²) in [5, 5.41) is 23.9. The molecule has 248 valence electrons. The van der Waals surface area contributed by atoms with Gasteiger partial charge in [0.2, 0.25) is 0 Å². The predicted octanol–water partition coefficient (Wildman–Crippen LogP) is 6.71. The van der Waals surface area contributed by atoms with E-state index in [0.717, 1.165) is 108 Å². The summed E-state index contributed by atoms with van der Waals surface area (Å²) >= 11 is 0. The summed E-state index contributed by atoms with van der Waals surface area (Å²) in [7, 11) is 0. The molecule has 47 heavy (non-hydrogen) atoms. The van der Waals surface area contributed by atoms with Gasteiger partial charge in [-0.3, -0.25) is 14.7 Å². The summed E-state index contributed by atoms with van der Waals surface area (Å²) in [5.41, 5.74) is 6.95. The Hall–Kier alpha value is -4.05. The van der Waals surface area contributed by atoms with Gasteiger partial charge in [0.05, 0.1) is 19.1 Å². The molecule has 0 aliphatic carbocycles. The molecule has 0 saturated carbocycles. The number of rotatable bonds is 12. The number of aliphatic carboxylic acids is 1. The number of pyridine rings is 2. The normalized spacial score (nSPS) is 20.5. The van der Waals surface area contributed by atoms with Crippen LogP contribution in [0, 0.1) is 13.8 Å². The van der Waals surface area contributed by atoms with E-state index in [0.29, 0.717) is 19.0 Å². The van der Waals surface area contributed by atoms with Crippen LogP contribution >= 0.6 is 0 Å². The van der Waals surface area contributed by atoms with Crippen LogP contribution in [0.2, 0.25) is 0 Å². The van der Waals surface area contributed by atoms with Crippen LogP contribution in [0.3, 0.4) is 0 Å². The SMILES string of the molecule is Cc1c(Nc2nccc3cc(CN4CCCCC4(C)CC(=O)O)cnc23)cccc1-c1cccc(OCCCN2CCC(O)C2)c1C. The number of hydrogen-bond acceptors (Lipinski definition) is 8. The highest BCUT2D eigenvalue weighted by Gasteiger charge is 2.36. The highest BCUT2D eigenvalue weighted by Crippen LogP contribution is 2.37. The molecule has 2 saturated heterocycles. The van der Waals surface area contributed by atoms with Gasteiger partial charge in [-0.25, -0.2) is 4.98 Å². The predicted molar refractivity (Wildman–Crippen MR) is 186 cm³/mol. The van der Waals surface area contributed by atoms with Gasteiger partial charge in [-0.2, -0.15) is 0 Å². The lowest BCUT2D eigenvalue weighted by molar-refractivity contribution is -0.141. The van der Waals surface area contributed by atoms with Crippen LogP contribution in [0.4, 0.5) is 11.5 Å². The number of nitrogens with zero attached hydrogens (tertiary/aromatic N) is 4. The number of carboxylic acids is 1. The van der Waals surface area contributed by atoms with Crippen molar-refractivity contribution in [3.8, 4) is 16.9 Å². The van der Waals surface area contributed by atoms with E-state index in [-0.39, 0.29) is 18.1 Å². The summed E-state index contributed by atoms with van der Waals surface area (Å²) < 4.78 is 6.23. The Kier molecular flexibility index (Phi) is 10.1. The van der Waals surface area contributed by atoms with Gasteiger partial charge in [-0.1, -0.05) is 30.7 Å². The van der Waals surface area contributed by atoms with E-state index >= 15 is 0 Å². The van der Waals surface area contributed by atoms with Crippen LogP contribution < -0.4 is 10.1 Å². The highest BCUT2D eigenvalue weighted by atomic mass is 16.5. The first kappa shape index (κ1) is 32.9. The number of carboxylic acid groups (broad SMARTS) is 1. The maximum atomic E-state index is 11.6. The first-order valence-corrected chi connectivity index (χ1v) is 16.9. The van der Waals surface area contributed by atoms with Crippen LogP contribution in [-0.2, 0) is 11.3 Å². The Morgan fingerprint density at radius 1 is 1.06 bits per heavy atom. The maximum Gasteiger partial charge on any atom is 0.305 e. The average molecular weight is 638 g/mol. The number of hydrogen-bond donors (Lipinski definition) is 3. The standard InChI is InChI=1S/C38H47N5O4/c1-26-31(32-10-7-12-34(27(32)2)47-20-8-17-42-19-14-30(44)25-42)9-6-11-33(26)41-37-36-29(13-16-39-37)21-28(23-40-36)24-43-18-5-4-15-38(43,3)22-35(45)46/h6-7,9-13,16,21,23,30,44H,4-5,8,14-15,17-20,22,24-25H2,1-3H3,(H,39,41)(H,45,46). The summed E-state index contributed by atoms with van der Waals surface area (Å²) in [5.74, 6) is 0.840. The molecule has 2 aliphatic rings. The topological polar surface area (TPSA) is 111 Å². The summed E-state index contributed by atoms with van der Waals surface area (Å²) in [6, 6.07) is 16.6. The molecule has 4 aromatic rings. The lowest BCUT2D eigenvalue weighted by Crippen LogP contribution is -2.50. The third-order valence-corrected chi connectivity index (χ3v) is 10.0. The van der Waals surface area contributed by atoms with Crippen LogP contribution in [0.15, 0.2) is 60.9 Å². The van der Waals surface area contributed by atoms with Gasteiger partial charge in [-0.05, 0) is 105 Å². The zero-order chi connectivity index (χ0) is 33.0. The number of nitrogens with one attached hydrogen (secondary N) is 1. The van der Waals surface area contributed by atoms with E-state index in [1.165, 1.54) is 0 Å². The number of likely N-dealkylation sites (tertiary alicyclic amines) is 2. The van der Waals surface area contributed by atoms with Crippen LogP contribution in [-0.4, -0.2) is 80.4 Å². The lowest BCUT2D eigenvalue weighted by atomic mass is 9.85. The van der Waals surface area contributed by atoms with E-state index in [9.17, 15) is 15.0 Å². The second kappa shape index (κ2) is 14.4. The average Bonchev–Trinajstić information content (AvgIpc) is 3.46. The number of β-amino-alcohol motifs (C(OH)–C–C–N with tert-alkyl or cyclic N) is 1. The Bertz CT molecular complexity index is 1730. The second-order valence-corrected chi connectivity index (χ2v) is 13.5.